The summed E-state index contributed by atoms with van der Waals surface area (Å²) in [5.41, 5.74) is 0.986. The lowest BCUT2D eigenvalue weighted by Crippen LogP contribution is -2.58. The fraction of sp³-hybridized carbons (Fsp3) is 0.529. The summed E-state index contributed by atoms with van der Waals surface area (Å²) < 4.78 is 0. The number of anilines is 1. The van der Waals surface area contributed by atoms with E-state index in [9.17, 15) is 9.59 Å². The Hall–Kier alpha value is -1.88. The molecule has 2 aliphatic rings. The predicted octanol–water partition coefficient (Wildman–Crippen LogP) is 1.35. The van der Waals surface area contributed by atoms with Crippen LogP contribution in [0.3, 0.4) is 0 Å². The molecule has 0 unspecified atom stereocenters. The first-order chi connectivity index (χ1) is 10.7. The SMILES string of the molecule is CC(=O)N1CCN([C@H]2CCCN(c3ccccc3)C2=O)CC1. The predicted molar refractivity (Wildman–Crippen MR) is 85.6 cm³/mol. The molecule has 118 valence electrons. The number of hydrogen-bond donors (Lipinski definition) is 0. The molecule has 0 aliphatic carbocycles. The fourth-order valence-electron chi connectivity index (χ4n) is 3.41. The van der Waals surface area contributed by atoms with Crippen LogP contribution in [0.1, 0.15) is 19.8 Å². The molecule has 1 aromatic carbocycles. The molecule has 0 bridgehead atoms. The van der Waals surface area contributed by atoms with E-state index < -0.39 is 0 Å². The van der Waals surface area contributed by atoms with Crippen LogP contribution in [0.4, 0.5) is 5.69 Å². The molecule has 5 nitrogen and oxygen atoms in total. The van der Waals surface area contributed by atoms with Crippen LogP contribution in [-0.2, 0) is 9.59 Å². The third-order valence-electron chi connectivity index (χ3n) is 4.68. The first-order valence-electron chi connectivity index (χ1n) is 8.03. The van der Waals surface area contributed by atoms with Crippen LogP contribution in [-0.4, -0.2) is 60.4 Å². The molecule has 0 radical (unpaired) electrons. The summed E-state index contributed by atoms with van der Waals surface area (Å²) in [7, 11) is 0. The minimum Gasteiger partial charge on any atom is -0.340 e. The van der Waals surface area contributed by atoms with Crippen LogP contribution < -0.4 is 4.90 Å². The van der Waals surface area contributed by atoms with Gasteiger partial charge in [-0.05, 0) is 25.0 Å². The largest absolute Gasteiger partial charge is 0.340 e. The van der Waals surface area contributed by atoms with Gasteiger partial charge in [0.2, 0.25) is 11.8 Å². The Labute approximate surface area is 131 Å². The number of piperidine rings is 1. The number of carbonyl (C=O) groups is 2. The molecular weight excluding hydrogens is 278 g/mol. The molecule has 2 saturated heterocycles. The molecule has 0 aromatic heterocycles. The molecule has 2 fully saturated rings. The summed E-state index contributed by atoms with van der Waals surface area (Å²) >= 11 is 0. The molecule has 2 heterocycles. The first-order valence-corrected chi connectivity index (χ1v) is 8.03. The van der Waals surface area contributed by atoms with Gasteiger partial charge >= 0.3 is 0 Å². The lowest BCUT2D eigenvalue weighted by molar-refractivity contribution is -0.132. The van der Waals surface area contributed by atoms with Crippen LogP contribution >= 0.6 is 0 Å². The van der Waals surface area contributed by atoms with Crippen LogP contribution in [0.15, 0.2) is 30.3 Å². The van der Waals surface area contributed by atoms with Crippen molar-refractivity contribution < 1.29 is 9.59 Å². The maximum atomic E-state index is 12.8. The van der Waals surface area contributed by atoms with Crippen molar-refractivity contribution >= 4 is 17.5 Å². The zero-order valence-corrected chi connectivity index (χ0v) is 13.1. The lowest BCUT2D eigenvalue weighted by atomic mass is 10.0. The first kappa shape index (κ1) is 15.0. The van der Waals surface area contributed by atoms with Crippen molar-refractivity contribution in [2.24, 2.45) is 0 Å². The number of carbonyl (C=O) groups excluding carboxylic acids is 2. The average Bonchev–Trinajstić information content (AvgIpc) is 2.56. The van der Waals surface area contributed by atoms with Gasteiger partial charge in [0.15, 0.2) is 0 Å². The molecule has 2 amide bonds. The Kier molecular flexibility index (Phi) is 4.43. The van der Waals surface area contributed by atoms with Crippen molar-refractivity contribution in [3.8, 4) is 0 Å². The van der Waals surface area contributed by atoms with Crippen molar-refractivity contribution in [3.05, 3.63) is 30.3 Å². The van der Waals surface area contributed by atoms with E-state index in [0.29, 0.717) is 0 Å². The molecule has 0 saturated carbocycles. The average molecular weight is 301 g/mol. The van der Waals surface area contributed by atoms with Gasteiger partial charge in [0.05, 0.1) is 6.04 Å². The minimum absolute atomic E-state index is 0.0388. The van der Waals surface area contributed by atoms with Gasteiger partial charge in [-0.3, -0.25) is 14.5 Å². The number of amides is 2. The zero-order chi connectivity index (χ0) is 15.5. The van der Waals surface area contributed by atoms with E-state index in [4.69, 9.17) is 0 Å². The van der Waals surface area contributed by atoms with Gasteiger partial charge in [-0.15, -0.1) is 0 Å². The van der Waals surface area contributed by atoms with Crippen molar-refractivity contribution in [3.63, 3.8) is 0 Å². The molecule has 1 atom stereocenters. The molecule has 0 spiro atoms. The summed E-state index contributed by atoms with van der Waals surface area (Å²) in [5, 5.41) is 0. The Balaban J connectivity index is 1.67. The van der Waals surface area contributed by atoms with Gasteiger partial charge in [0, 0.05) is 45.3 Å². The van der Waals surface area contributed by atoms with Gasteiger partial charge in [-0.25, -0.2) is 0 Å². The van der Waals surface area contributed by atoms with Crippen LogP contribution in [0.2, 0.25) is 0 Å². The standard InChI is InChI=1S/C17H23N3O2/c1-14(21)18-10-12-19(13-11-18)16-8-5-9-20(17(16)22)15-6-3-2-4-7-15/h2-4,6-7,16H,5,8-13H2,1H3/t16-/m0/s1. The lowest BCUT2D eigenvalue weighted by Gasteiger charge is -2.42. The number of hydrogen-bond acceptors (Lipinski definition) is 3. The Bertz CT molecular complexity index is 538. The maximum Gasteiger partial charge on any atom is 0.244 e. The molecule has 0 N–H and O–H groups in total. The summed E-state index contributed by atoms with van der Waals surface area (Å²) in [6.07, 6.45) is 1.94. The summed E-state index contributed by atoms with van der Waals surface area (Å²) in [6, 6.07) is 9.86. The fourth-order valence-corrected chi connectivity index (χ4v) is 3.41. The van der Waals surface area contributed by atoms with Gasteiger partial charge < -0.3 is 9.80 Å². The second kappa shape index (κ2) is 6.48. The monoisotopic (exact) mass is 301 g/mol. The highest BCUT2D eigenvalue weighted by Crippen LogP contribution is 2.24. The van der Waals surface area contributed by atoms with E-state index in [0.717, 1.165) is 51.3 Å². The van der Waals surface area contributed by atoms with Crippen LogP contribution in [0.5, 0.6) is 0 Å². The van der Waals surface area contributed by atoms with E-state index >= 15 is 0 Å². The van der Waals surface area contributed by atoms with E-state index in [1.165, 1.54) is 0 Å². The van der Waals surface area contributed by atoms with Crippen molar-refractivity contribution in [2.75, 3.05) is 37.6 Å². The van der Waals surface area contributed by atoms with Crippen molar-refractivity contribution in [1.82, 2.24) is 9.80 Å². The minimum atomic E-state index is -0.0388. The van der Waals surface area contributed by atoms with Gasteiger partial charge in [-0.2, -0.15) is 0 Å². The van der Waals surface area contributed by atoms with Crippen LogP contribution in [0, 0.1) is 0 Å². The molecule has 5 heteroatoms. The molecular formula is C17H23N3O2. The summed E-state index contributed by atoms with van der Waals surface area (Å²) in [6.45, 7) is 5.44. The molecule has 3 rings (SSSR count). The van der Waals surface area contributed by atoms with Crippen molar-refractivity contribution in [2.45, 2.75) is 25.8 Å². The number of rotatable bonds is 2. The molecule has 2 aliphatic heterocycles. The van der Waals surface area contributed by atoms with Gasteiger partial charge in [-0.1, -0.05) is 18.2 Å². The number of piperazine rings is 1. The zero-order valence-electron chi connectivity index (χ0n) is 13.1. The quantitative estimate of drug-likeness (QED) is 0.828. The summed E-state index contributed by atoms with van der Waals surface area (Å²) in [5.74, 6) is 0.328. The topological polar surface area (TPSA) is 43.9 Å². The summed E-state index contributed by atoms with van der Waals surface area (Å²) in [4.78, 5) is 30.3. The normalized spacial score (nSPS) is 23.7. The number of nitrogens with zero attached hydrogens (tertiary/aromatic N) is 3. The highest BCUT2D eigenvalue weighted by atomic mass is 16.2. The van der Waals surface area contributed by atoms with E-state index in [-0.39, 0.29) is 17.9 Å². The maximum absolute atomic E-state index is 12.8. The number of para-hydroxylation sites is 1. The van der Waals surface area contributed by atoms with Gasteiger partial charge in [0.25, 0.3) is 0 Å². The number of benzene rings is 1. The second-order valence-corrected chi connectivity index (χ2v) is 6.03. The molecule has 1 aromatic rings. The molecule has 22 heavy (non-hydrogen) atoms. The van der Waals surface area contributed by atoms with E-state index in [2.05, 4.69) is 4.90 Å². The highest BCUT2D eigenvalue weighted by Gasteiger charge is 2.35. The second-order valence-electron chi connectivity index (χ2n) is 6.03. The Morgan fingerprint density at radius 3 is 2.36 bits per heavy atom. The van der Waals surface area contributed by atoms with E-state index in [1.54, 1.807) is 6.92 Å². The van der Waals surface area contributed by atoms with Crippen LogP contribution in [0.25, 0.3) is 0 Å². The van der Waals surface area contributed by atoms with E-state index in [1.807, 2.05) is 40.1 Å². The van der Waals surface area contributed by atoms with Crippen molar-refractivity contribution in [1.29, 1.82) is 0 Å². The third-order valence-corrected chi connectivity index (χ3v) is 4.68. The Morgan fingerprint density at radius 1 is 1.05 bits per heavy atom. The van der Waals surface area contributed by atoms with Gasteiger partial charge in [0.1, 0.15) is 0 Å². The smallest absolute Gasteiger partial charge is 0.244 e. The third kappa shape index (κ3) is 2.99. The Morgan fingerprint density at radius 2 is 1.73 bits per heavy atom. The highest BCUT2D eigenvalue weighted by molar-refractivity contribution is 5.97.